The second-order valence-electron chi connectivity index (χ2n) is 6.33. The van der Waals surface area contributed by atoms with Gasteiger partial charge in [-0.3, -0.25) is 4.79 Å². The van der Waals surface area contributed by atoms with E-state index in [0.717, 1.165) is 34.7 Å². The number of nitrogens with zero attached hydrogens (tertiary/aromatic N) is 4. The maximum Gasteiger partial charge on any atom is 0.233 e. The maximum absolute atomic E-state index is 13.1. The Kier molecular flexibility index (Phi) is 5.20. The van der Waals surface area contributed by atoms with Crippen LogP contribution in [-0.2, 0) is 4.79 Å². The average Bonchev–Trinajstić information content (AvgIpc) is 2.72. The van der Waals surface area contributed by atoms with Crippen LogP contribution in [0.15, 0.2) is 59.9 Å². The number of hydrogen-bond acceptors (Lipinski definition) is 5. The summed E-state index contributed by atoms with van der Waals surface area (Å²) in [5, 5.41) is 1.80. The number of piperazine rings is 1. The number of hydrogen-bond donors (Lipinski definition) is 0. The number of anilines is 1. The van der Waals surface area contributed by atoms with E-state index in [9.17, 15) is 9.18 Å². The molecule has 1 saturated heterocycles. The molecule has 0 spiro atoms. The van der Waals surface area contributed by atoms with Gasteiger partial charge in [-0.15, -0.1) is 0 Å². The third-order valence-electron chi connectivity index (χ3n) is 4.66. The third-order valence-corrected chi connectivity index (χ3v) is 5.65. The summed E-state index contributed by atoms with van der Waals surface area (Å²) in [6.07, 6.45) is 1.54. The van der Waals surface area contributed by atoms with Crippen LogP contribution in [0.2, 0.25) is 0 Å². The molecular formula is C20H19FN4OS. The molecule has 1 amide bonds. The lowest BCUT2D eigenvalue weighted by Gasteiger charge is -2.36. The molecule has 1 fully saturated rings. The maximum atomic E-state index is 13.1. The molecule has 5 nitrogen and oxygen atoms in total. The lowest BCUT2D eigenvalue weighted by molar-refractivity contribution is -0.128. The van der Waals surface area contributed by atoms with Crippen molar-refractivity contribution in [3.63, 3.8) is 0 Å². The molecule has 2 aromatic carbocycles. The lowest BCUT2D eigenvalue weighted by atomic mass is 10.2. The van der Waals surface area contributed by atoms with Gasteiger partial charge in [0.15, 0.2) is 0 Å². The molecular weight excluding hydrogens is 363 g/mol. The number of fused-ring (bicyclic) bond motifs is 1. The van der Waals surface area contributed by atoms with Crippen molar-refractivity contribution in [2.75, 3.05) is 36.8 Å². The molecule has 0 unspecified atom stereocenters. The minimum absolute atomic E-state index is 0.112. The minimum Gasteiger partial charge on any atom is -0.368 e. The number of aromatic nitrogens is 2. The highest BCUT2D eigenvalue weighted by Gasteiger charge is 2.21. The summed E-state index contributed by atoms with van der Waals surface area (Å²) in [5.74, 6) is 0.237. The molecule has 27 heavy (non-hydrogen) atoms. The quantitative estimate of drug-likeness (QED) is 0.512. The Labute approximate surface area is 161 Å². The predicted molar refractivity (Wildman–Crippen MR) is 105 cm³/mol. The van der Waals surface area contributed by atoms with E-state index in [2.05, 4.69) is 14.9 Å². The summed E-state index contributed by atoms with van der Waals surface area (Å²) in [7, 11) is 0. The Balaban J connectivity index is 1.34. The van der Waals surface area contributed by atoms with E-state index >= 15 is 0 Å². The number of rotatable bonds is 4. The van der Waals surface area contributed by atoms with E-state index in [1.807, 2.05) is 29.2 Å². The van der Waals surface area contributed by atoms with Crippen LogP contribution in [0.3, 0.4) is 0 Å². The summed E-state index contributed by atoms with van der Waals surface area (Å²) < 4.78 is 13.1. The van der Waals surface area contributed by atoms with Crippen molar-refractivity contribution < 1.29 is 9.18 Å². The first-order valence-electron chi connectivity index (χ1n) is 8.81. The van der Waals surface area contributed by atoms with E-state index in [1.54, 1.807) is 12.1 Å². The topological polar surface area (TPSA) is 49.3 Å². The summed E-state index contributed by atoms with van der Waals surface area (Å²) in [6, 6.07) is 14.3. The molecule has 0 radical (unpaired) electrons. The van der Waals surface area contributed by atoms with Crippen LogP contribution in [0.5, 0.6) is 0 Å². The number of amides is 1. The first kappa shape index (κ1) is 17.7. The second-order valence-corrected chi connectivity index (χ2v) is 7.29. The van der Waals surface area contributed by atoms with E-state index in [0.29, 0.717) is 18.8 Å². The number of carbonyl (C=O) groups excluding carboxylic acids is 1. The van der Waals surface area contributed by atoms with Gasteiger partial charge in [0.25, 0.3) is 0 Å². The van der Waals surface area contributed by atoms with Crippen molar-refractivity contribution in [1.29, 1.82) is 0 Å². The number of para-hydroxylation sites is 1. The van der Waals surface area contributed by atoms with Gasteiger partial charge in [0, 0.05) is 37.3 Å². The van der Waals surface area contributed by atoms with Gasteiger partial charge in [-0.05, 0) is 30.3 Å². The van der Waals surface area contributed by atoms with Crippen LogP contribution in [0.25, 0.3) is 10.9 Å². The molecule has 0 bridgehead atoms. The Hall–Kier alpha value is -2.67. The zero-order chi connectivity index (χ0) is 18.6. The molecule has 0 saturated carbocycles. The minimum atomic E-state index is -0.234. The van der Waals surface area contributed by atoms with E-state index in [-0.39, 0.29) is 11.7 Å². The number of halogens is 1. The van der Waals surface area contributed by atoms with Gasteiger partial charge < -0.3 is 9.80 Å². The fourth-order valence-corrected chi connectivity index (χ4v) is 4.08. The first-order chi connectivity index (χ1) is 13.2. The second kappa shape index (κ2) is 7.92. The van der Waals surface area contributed by atoms with Gasteiger partial charge >= 0.3 is 0 Å². The Morgan fingerprint density at radius 2 is 1.74 bits per heavy atom. The van der Waals surface area contributed by atoms with Crippen LogP contribution in [-0.4, -0.2) is 52.7 Å². The van der Waals surface area contributed by atoms with Gasteiger partial charge in [-0.2, -0.15) is 0 Å². The molecule has 138 valence electrons. The van der Waals surface area contributed by atoms with Crippen molar-refractivity contribution in [1.82, 2.24) is 14.9 Å². The normalized spacial score (nSPS) is 14.6. The van der Waals surface area contributed by atoms with Gasteiger partial charge in [0.2, 0.25) is 5.91 Å². The van der Waals surface area contributed by atoms with Gasteiger partial charge in [0.05, 0.1) is 11.3 Å². The van der Waals surface area contributed by atoms with Crippen molar-refractivity contribution in [2.24, 2.45) is 0 Å². The largest absolute Gasteiger partial charge is 0.368 e. The zero-order valence-electron chi connectivity index (χ0n) is 14.7. The molecule has 1 aliphatic rings. The molecule has 0 aliphatic carbocycles. The molecule has 4 rings (SSSR count). The van der Waals surface area contributed by atoms with Crippen LogP contribution < -0.4 is 4.90 Å². The smallest absolute Gasteiger partial charge is 0.233 e. The van der Waals surface area contributed by atoms with Crippen LogP contribution >= 0.6 is 11.8 Å². The summed E-state index contributed by atoms with van der Waals surface area (Å²) >= 11 is 1.45. The van der Waals surface area contributed by atoms with E-state index in [4.69, 9.17) is 0 Å². The molecule has 2 heterocycles. The third kappa shape index (κ3) is 4.03. The lowest BCUT2D eigenvalue weighted by Crippen LogP contribution is -2.49. The molecule has 1 aromatic heterocycles. The van der Waals surface area contributed by atoms with Crippen molar-refractivity contribution in [2.45, 2.75) is 5.03 Å². The van der Waals surface area contributed by atoms with Crippen LogP contribution in [0, 0.1) is 5.82 Å². The monoisotopic (exact) mass is 382 g/mol. The first-order valence-corrected chi connectivity index (χ1v) is 9.80. The van der Waals surface area contributed by atoms with Crippen molar-refractivity contribution in [3.05, 3.63) is 60.7 Å². The van der Waals surface area contributed by atoms with Gasteiger partial charge in [0.1, 0.15) is 17.2 Å². The Bertz CT molecular complexity index is 937. The number of thioether (sulfide) groups is 1. The number of carbonyl (C=O) groups is 1. The van der Waals surface area contributed by atoms with E-state index in [1.165, 1.54) is 30.2 Å². The highest BCUT2D eigenvalue weighted by molar-refractivity contribution is 8.00. The standard InChI is InChI=1S/C20H19FN4OS/c21-15-5-7-16(8-6-15)24-9-11-25(12-10-24)19(26)13-27-20-17-3-1-2-4-18(17)22-14-23-20/h1-8,14H,9-13H2. The summed E-state index contributed by atoms with van der Waals surface area (Å²) in [6.45, 7) is 2.83. The number of benzene rings is 2. The fourth-order valence-electron chi connectivity index (χ4n) is 3.18. The van der Waals surface area contributed by atoms with Crippen LogP contribution in [0.4, 0.5) is 10.1 Å². The zero-order valence-corrected chi connectivity index (χ0v) is 15.5. The molecule has 0 N–H and O–H groups in total. The van der Waals surface area contributed by atoms with E-state index < -0.39 is 0 Å². The SMILES string of the molecule is O=C(CSc1ncnc2ccccc12)N1CCN(c2ccc(F)cc2)CC1. The highest BCUT2D eigenvalue weighted by Crippen LogP contribution is 2.24. The molecule has 1 aliphatic heterocycles. The Morgan fingerprint density at radius 1 is 1.00 bits per heavy atom. The molecule has 3 aromatic rings. The predicted octanol–water partition coefficient (Wildman–Crippen LogP) is 3.21. The van der Waals surface area contributed by atoms with Crippen LogP contribution in [0.1, 0.15) is 0 Å². The molecule has 7 heteroatoms. The average molecular weight is 382 g/mol. The fraction of sp³-hybridized carbons (Fsp3) is 0.250. The van der Waals surface area contributed by atoms with Crippen molar-refractivity contribution >= 4 is 34.3 Å². The summed E-state index contributed by atoms with van der Waals surface area (Å²) in [5.41, 5.74) is 1.88. The van der Waals surface area contributed by atoms with Gasteiger partial charge in [-0.25, -0.2) is 14.4 Å². The Morgan fingerprint density at radius 3 is 2.52 bits per heavy atom. The molecule has 0 atom stereocenters. The van der Waals surface area contributed by atoms with Crippen molar-refractivity contribution in [3.8, 4) is 0 Å². The van der Waals surface area contributed by atoms with Gasteiger partial charge in [-0.1, -0.05) is 30.0 Å². The highest BCUT2D eigenvalue weighted by atomic mass is 32.2. The summed E-state index contributed by atoms with van der Waals surface area (Å²) in [4.78, 5) is 25.2.